The van der Waals surface area contributed by atoms with Crippen molar-refractivity contribution in [2.24, 2.45) is 0 Å². The highest BCUT2D eigenvalue weighted by Gasteiger charge is 2.37. The summed E-state index contributed by atoms with van der Waals surface area (Å²) in [6.45, 7) is 4.25. The number of hydrogen-bond donors (Lipinski definition) is 2. The molecule has 0 aliphatic heterocycles. The van der Waals surface area contributed by atoms with E-state index in [1.807, 2.05) is 19.9 Å². The predicted molar refractivity (Wildman–Crippen MR) is 96.9 cm³/mol. The molecular formula is C20H26F3NO2. The lowest BCUT2D eigenvalue weighted by atomic mass is 9.93. The number of anilines is 1. The van der Waals surface area contributed by atoms with Crippen LogP contribution in [0.2, 0.25) is 0 Å². The van der Waals surface area contributed by atoms with Crippen LogP contribution in [0.3, 0.4) is 0 Å². The van der Waals surface area contributed by atoms with Crippen molar-refractivity contribution in [3.05, 3.63) is 29.8 Å². The highest BCUT2D eigenvalue weighted by molar-refractivity contribution is 5.83. The van der Waals surface area contributed by atoms with E-state index in [1.165, 1.54) is 0 Å². The summed E-state index contributed by atoms with van der Waals surface area (Å²) >= 11 is 0. The first kappa shape index (κ1) is 22.0. The monoisotopic (exact) mass is 369 g/mol. The molecule has 1 rings (SSSR count). The van der Waals surface area contributed by atoms with Gasteiger partial charge in [0.25, 0.3) is 0 Å². The van der Waals surface area contributed by atoms with Gasteiger partial charge in [-0.3, -0.25) is 4.79 Å². The highest BCUT2D eigenvalue weighted by Crippen LogP contribution is 2.20. The quantitative estimate of drug-likeness (QED) is 0.490. The molecule has 3 nitrogen and oxygen atoms in total. The molecule has 0 saturated heterocycles. The summed E-state index contributed by atoms with van der Waals surface area (Å²) in [6.07, 6.45) is -2.30. The van der Waals surface area contributed by atoms with Crippen molar-refractivity contribution in [3.63, 3.8) is 0 Å². The molecule has 144 valence electrons. The van der Waals surface area contributed by atoms with Crippen LogP contribution in [0.4, 0.5) is 18.9 Å². The molecule has 1 aromatic rings. The lowest BCUT2D eigenvalue weighted by Gasteiger charge is -2.20. The minimum Gasteiger partial charge on any atom is -0.385 e. The van der Waals surface area contributed by atoms with Crippen LogP contribution < -0.4 is 5.32 Å². The fourth-order valence-corrected chi connectivity index (χ4v) is 2.60. The minimum absolute atomic E-state index is 0.0982. The van der Waals surface area contributed by atoms with Crippen LogP contribution in [0, 0.1) is 11.8 Å². The summed E-state index contributed by atoms with van der Waals surface area (Å²) in [5.74, 6) is 4.23. The van der Waals surface area contributed by atoms with Gasteiger partial charge in [0.15, 0.2) is 0 Å². The van der Waals surface area contributed by atoms with Crippen molar-refractivity contribution in [2.75, 3.05) is 11.9 Å². The lowest BCUT2D eigenvalue weighted by molar-refractivity contribution is -0.171. The Kier molecular flexibility index (Phi) is 8.67. The molecule has 0 atom stereocenters. The number of hydrogen-bond acceptors (Lipinski definition) is 3. The van der Waals surface area contributed by atoms with Crippen LogP contribution in [-0.4, -0.2) is 29.2 Å². The number of ketones is 1. The minimum atomic E-state index is -4.76. The fourth-order valence-electron chi connectivity index (χ4n) is 2.60. The normalized spacial score (nSPS) is 11.6. The molecular weight excluding hydrogens is 343 g/mol. The average molecular weight is 369 g/mol. The predicted octanol–water partition coefficient (Wildman–Crippen LogP) is 4.69. The number of benzene rings is 1. The van der Waals surface area contributed by atoms with Crippen LogP contribution in [0.1, 0.15) is 57.9 Å². The Balaban J connectivity index is 2.63. The molecule has 0 fully saturated rings. The van der Waals surface area contributed by atoms with Gasteiger partial charge in [0.1, 0.15) is 5.60 Å². The number of rotatable bonds is 9. The Bertz CT molecular complexity index is 638. The van der Waals surface area contributed by atoms with E-state index in [1.54, 1.807) is 18.2 Å². The summed E-state index contributed by atoms with van der Waals surface area (Å²) in [6, 6.07) is 7.15. The first-order valence-corrected chi connectivity index (χ1v) is 8.89. The molecule has 0 radical (unpaired) electrons. The van der Waals surface area contributed by atoms with Crippen molar-refractivity contribution in [1.29, 1.82) is 0 Å². The van der Waals surface area contributed by atoms with E-state index in [2.05, 4.69) is 17.2 Å². The Labute approximate surface area is 153 Å². The van der Waals surface area contributed by atoms with Crippen molar-refractivity contribution in [3.8, 4) is 11.8 Å². The maximum Gasteiger partial charge on any atom is 0.449 e. The molecule has 0 heterocycles. The summed E-state index contributed by atoms with van der Waals surface area (Å²) in [5.41, 5.74) is 0.433. The van der Waals surface area contributed by atoms with Gasteiger partial charge in [-0.1, -0.05) is 44.6 Å². The molecule has 2 N–H and O–H groups in total. The van der Waals surface area contributed by atoms with Crippen LogP contribution >= 0.6 is 0 Å². The SMILES string of the molecule is CCCC(O)(C#Cc1cccc(NCCCC(=O)C(F)(F)F)c1)CCC. The van der Waals surface area contributed by atoms with Gasteiger partial charge in [0.05, 0.1) is 0 Å². The largest absolute Gasteiger partial charge is 0.449 e. The number of aliphatic hydroxyl groups is 1. The van der Waals surface area contributed by atoms with Crippen LogP contribution in [0.15, 0.2) is 24.3 Å². The molecule has 26 heavy (non-hydrogen) atoms. The van der Waals surface area contributed by atoms with Gasteiger partial charge in [-0.05, 0) is 37.5 Å². The van der Waals surface area contributed by atoms with Gasteiger partial charge < -0.3 is 10.4 Å². The van der Waals surface area contributed by atoms with Gasteiger partial charge in [-0.25, -0.2) is 0 Å². The third kappa shape index (κ3) is 7.92. The summed E-state index contributed by atoms with van der Waals surface area (Å²) in [5, 5.41) is 13.5. The zero-order valence-electron chi connectivity index (χ0n) is 15.2. The lowest BCUT2D eigenvalue weighted by Crippen LogP contribution is -2.25. The second-order valence-corrected chi connectivity index (χ2v) is 6.31. The summed E-state index contributed by atoms with van der Waals surface area (Å²) < 4.78 is 36.4. The number of alkyl halides is 3. The Morgan fingerprint density at radius 1 is 1.19 bits per heavy atom. The van der Waals surface area contributed by atoms with Gasteiger partial charge in [0.2, 0.25) is 5.78 Å². The van der Waals surface area contributed by atoms with Crippen LogP contribution in [-0.2, 0) is 4.79 Å². The van der Waals surface area contributed by atoms with Gasteiger partial charge in [-0.2, -0.15) is 13.2 Å². The molecule has 6 heteroatoms. The maximum absolute atomic E-state index is 12.1. The summed E-state index contributed by atoms with van der Waals surface area (Å²) in [7, 11) is 0. The zero-order chi connectivity index (χ0) is 19.6. The Morgan fingerprint density at radius 2 is 1.85 bits per heavy atom. The Morgan fingerprint density at radius 3 is 2.42 bits per heavy atom. The second kappa shape index (κ2) is 10.2. The second-order valence-electron chi connectivity index (χ2n) is 6.31. The molecule has 0 spiro atoms. The van der Waals surface area contributed by atoms with Crippen LogP contribution in [0.25, 0.3) is 0 Å². The number of carbonyl (C=O) groups excluding carboxylic acids is 1. The highest BCUT2D eigenvalue weighted by atomic mass is 19.4. The fraction of sp³-hybridized carbons (Fsp3) is 0.550. The topological polar surface area (TPSA) is 49.3 Å². The molecule has 0 unspecified atom stereocenters. The van der Waals surface area contributed by atoms with Crippen molar-refractivity contribution in [1.82, 2.24) is 0 Å². The zero-order valence-corrected chi connectivity index (χ0v) is 15.2. The number of halogens is 3. The molecule has 0 bridgehead atoms. The van der Waals surface area contributed by atoms with Gasteiger partial charge >= 0.3 is 6.18 Å². The molecule has 0 aliphatic rings. The first-order chi connectivity index (χ1) is 12.2. The standard InChI is InChI=1S/C20H26F3NO2/c1-3-11-19(26,12-4-2)13-10-16-7-5-8-17(15-16)24-14-6-9-18(25)20(21,22)23/h5,7-8,15,24,26H,3-4,6,9,11-12,14H2,1-2H3. The third-order valence-corrected chi connectivity index (χ3v) is 3.86. The van der Waals surface area contributed by atoms with Crippen molar-refractivity contribution in [2.45, 2.75) is 64.1 Å². The summed E-state index contributed by atoms with van der Waals surface area (Å²) in [4.78, 5) is 10.8. The molecule has 0 saturated carbocycles. The van der Waals surface area contributed by atoms with E-state index >= 15 is 0 Å². The number of nitrogens with one attached hydrogen (secondary N) is 1. The van der Waals surface area contributed by atoms with E-state index in [9.17, 15) is 23.1 Å². The molecule has 0 aromatic heterocycles. The van der Waals surface area contributed by atoms with E-state index in [-0.39, 0.29) is 13.0 Å². The smallest absolute Gasteiger partial charge is 0.385 e. The van der Waals surface area contributed by atoms with E-state index in [0.29, 0.717) is 24.1 Å². The van der Waals surface area contributed by atoms with Crippen molar-refractivity contribution >= 4 is 11.5 Å². The van der Waals surface area contributed by atoms with E-state index in [4.69, 9.17) is 0 Å². The van der Waals surface area contributed by atoms with Crippen LogP contribution in [0.5, 0.6) is 0 Å². The Hall–Kier alpha value is -2.00. The van der Waals surface area contributed by atoms with Gasteiger partial charge in [0, 0.05) is 24.2 Å². The van der Waals surface area contributed by atoms with Gasteiger partial charge in [-0.15, -0.1) is 0 Å². The van der Waals surface area contributed by atoms with E-state index in [0.717, 1.165) is 12.8 Å². The third-order valence-electron chi connectivity index (χ3n) is 3.86. The number of carbonyl (C=O) groups is 1. The molecule has 0 aliphatic carbocycles. The average Bonchev–Trinajstić information content (AvgIpc) is 2.57. The van der Waals surface area contributed by atoms with E-state index < -0.39 is 24.0 Å². The van der Waals surface area contributed by atoms with Crippen molar-refractivity contribution < 1.29 is 23.1 Å². The molecule has 0 amide bonds. The molecule has 1 aromatic carbocycles. The first-order valence-electron chi connectivity index (χ1n) is 8.89. The number of Topliss-reactive ketones (excluding diaryl/α,β-unsaturated/α-hetero) is 1. The maximum atomic E-state index is 12.1.